The second kappa shape index (κ2) is 5.89. The number of rotatable bonds is 5. The number of ether oxygens (including phenoxy) is 1. The Morgan fingerprint density at radius 3 is 2.22 bits per heavy atom. The van der Waals surface area contributed by atoms with Crippen LogP contribution >= 0.6 is 12.4 Å². The Balaban J connectivity index is 0.00000156. The van der Waals surface area contributed by atoms with Gasteiger partial charge in [0, 0.05) is 31.0 Å². The summed E-state index contributed by atoms with van der Waals surface area (Å²) in [5.41, 5.74) is 5.83. The van der Waals surface area contributed by atoms with Gasteiger partial charge in [-0.2, -0.15) is 0 Å². The summed E-state index contributed by atoms with van der Waals surface area (Å²) in [5.74, 6) is 1.88. The summed E-state index contributed by atoms with van der Waals surface area (Å²) in [6.07, 6.45) is 7.37. The third-order valence-corrected chi connectivity index (χ3v) is 6.68. The Morgan fingerprint density at radius 1 is 1.13 bits per heavy atom. The molecule has 0 radical (unpaired) electrons. The van der Waals surface area contributed by atoms with E-state index in [4.69, 9.17) is 10.5 Å². The number of nitrogens with two attached hydrogens (primary N) is 1. The van der Waals surface area contributed by atoms with Gasteiger partial charge in [-0.05, 0) is 50.4 Å². The highest BCUT2D eigenvalue weighted by molar-refractivity contribution is 5.89. The Labute approximate surface area is 145 Å². The number of halogens is 1. The van der Waals surface area contributed by atoms with Gasteiger partial charge in [0.2, 0.25) is 5.91 Å². The topological polar surface area (TPSA) is 55.6 Å². The van der Waals surface area contributed by atoms with E-state index < -0.39 is 5.54 Å². The third-order valence-electron chi connectivity index (χ3n) is 6.68. The summed E-state index contributed by atoms with van der Waals surface area (Å²) in [6.45, 7) is 6.95. The molecule has 3 atom stereocenters. The molecule has 4 aliphatic rings. The number of hydrogen-bond donors (Lipinski definition) is 1. The molecule has 2 N–H and O–H groups in total. The molecule has 1 saturated heterocycles. The lowest BCUT2D eigenvalue weighted by Crippen LogP contribution is -2.82. The maximum atomic E-state index is 13.4. The van der Waals surface area contributed by atoms with Crippen LogP contribution in [0.3, 0.4) is 0 Å². The molecule has 4 fully saturated rings. The Morgan fingerprint density at radius 2 is 1.70 bits per heavy atom. The van der Waals surface area contributed by atoms with Crippen molar-refractivity contribution in [2.75, 3.05) is 19.7 Å². The molecule has 0 aromatic heterocycles. The predicted molar refractivity (Wildman–Crippen MR) is 92.4 cm³/mol. The van der Waals surface area contributed by atoms with Crippen LogP contribution < -0.4 is 5.73 Å². The number of carbonyl (C=O) groups excluding carboxylic acids is 1. The van der Waals surface area contributed by atoms with E-state index in [0.717, 1.165) is 44.4 Å². The van der Waals surface area contributed by atoms with E-state index in [2.05, 4.69) is 18.7 Å². The zero-order valence-corrected chi connectivity index (χ0v) is 15.2. The number of fused-ring (bicyclic) bond motifs is 1. The third kappa shape index (κ3) is 2.71. The highest BCUT2D eigenvalue weighted by Crippen LogP contribution is 2.58. The molecule has 1 aliphatic heterocycles. The quantitative estimate of drug-likeness (QED) is 0.835. The van der Waals surface area contributed by atoms with Crippen LogP contribution in [0.2, 0.25) is 0 Å². The number of amides is 1. The largest absolute Gasteiger partial charge is 0.377 e. The van der Waals surface area contributed by atoms with Crippen LogP contribution in [-0.2, 0) is 9.53 Å². The molecule has 5 heteroatoms. The summed E-state index contributed by atoms with van der Waals surface area (Å²) >= 11 is 0. The highest BCUT2D eigenvalue weighted by Gasteiger charge is 2.71. The maximum Gasteiger partial charge on any atom is 0.243 e. The lowest BCUT2D eigenvalue weighted by Gasteiger charge is -2.65. The summed E-state index contributed by atoms with van der Waals surface area (Å²) < 4.78 is 5.95. The molecule has 132 valence electrons. The average molecular weight is 343 g/mol. The van der Waals surface area contributed by atoms with Gasteiger partial charge in [0.15, 0.2) is 0 Å². The van der Waals surface area contributed by atoms with Gasteiger partial charge in [0.25, 0.3) is 0 Å². The van der Waals surface area contributed by atoms with Gasteiger partial charge in [0.05, 0.1) is 6.10 Å². The van der Waals surface area contributed by atoms with Crippen molar-refractivity contribution in [2.45, 2.75) is 64.0 Å². The average Bonchev–Trinajstić information content (AvgIpc) is 3.40. The van der Waals surface area contributed by atoms with Gasteiger partial charge in [-0.3, -0.25) is 4.79 Å². The normalized spacial score (nSPS) is 38.0. The van der Waals surface area contributed by atoms with Gasteiger partial charge in [-0.15, -0.1) is 12.4 Å². The standard InChI is InChI=1S/C18H30N2O2.ClH/c1-17(2)15-14(4-3-9-22-15)18(17,19)16(21)20(10-12-5-6-12)11-13-7-8-13;/h12-15H,3-11,19H2,1-2H3;1H. The fourth-order valence-corrected chi connectivity index (χ4v) is 4.74. The predicted octanol–water partition coefficient (Wildman–Crippen LogP) is 2.59. The van der Waals surface area contributed by atoms with Gasteiger partial charge in [-0.25, -0.2) is 0 Å². The minimum absolute atomic E-state index is 0. The summed E-state index contributed by atoms with van der Waals surface area (Å²) in [4.78, 5) is 15.5. The SMILES string of the molecule is CC1(C)C2OCCCC2C1(N)C(=O)N(CC1CC1)CC1CC1.Cl. The fraction of sp³-hybridized carbons (Fsp3) is 0.944. The molecule has 3 saturated carbocycles. The van der Waals surface area contributed by atoms with Crippen LogP contribution in [0.4, 0.5) is 0 Å². The minimum Gasteiger partial charge on any atom is -0.377 e. The molecule has 1 heterocycles. The lowest BCUT2D eigenvalue weighted by atomic mass is 9.46. The van der Waals surface area contributed by atoms with Gasteiger partial charge in [-0.1, -0.05) is 13.8 Å². The molecule has 3 unspecified atom stereocenters. The van der Waals surface area contributed by atoms with Crippen molar-refractivity contribution in [2.24, 2.45) is 28.9 Å². The molecule has 3 aliphatic carbocycles. The summed E-state index contributed by atoms with van der Waals surface area (Å²) in [5, 5.41) is 0. The van der Waals surface area contributed by atoms with E-state index in [-0.39, 0.29) is 35.8 Å². The molecule has 0 aromatic rings. The Hall–Kier alpha value is -0.320. The van der Waals surface area contributed by atoms with Crippen LogP contribution in [0, 0.1) is 23.2 Å². The second-order valence-electron chi connectivity index (χ2n) is 8.73. The molecule has 0 aromatic carbocycles. The van der Waals surface area contributed by atoms with Crippen LogP contribution in [0.25, 0.3) is 0 Å². The van der Waals surface area contributed by atoms with Crippen molar-refractivity contribution in [3.05, 3.63) is 0 Å². The molecule has 23 heavy (non-hydrogen) atoms. The van der Waals surface area contributed by atoms with Gasteiger partial charge >= 0.3 is 0 Å². The number of nitrogens with zero attached hydrogens (tertiary/aromatic N) is 1. The van der Waals surface area contributed by atoms with Crippen molar-refractivity contribution in [3.8, 4) is 0 Å². The van der Waals surface area contributed by atoms with Crippen molar-refractivity contribution in [1.29, 1.82) is 0 Å². The fourth-order valence-electron chi connectivity index (χ4n) is 4.74. The van der Waals surface area contributed by atoms with Gasteiger partial charge in [0.1, 0.15) is 5.54 Å². The molecule has 0 spiro atoms. The highest BCUT2D eigenvalue weighted by atomic mass is 35.5. The lowest BCUT2D eigenvalue weighted by molar-refractivity contribution is -0.230. The minimum atomic E-state index is -0.720. The van der Waals surface area contributed by atoms with E-state index in [9.17, 15) is 4.79 Å². The zero-order chi connectivity index (χ0) is 15.5. The maximum absolute atomic E-state index is 13.4. The first-order chi connectivity index (χ1) is 10.4. The molecular weight excluding hydrogens is 312 g/mol. The molecule has 4 nitrogen and oxygen atoms in total. The Kier molecular flexibility index (Phi) is 4.48. The van der Waals surface area contributed by atoms with Crippen LogP contribution in [-0.4, -0.2) is 42.1 Å². The first-order valence-electron chi connectivity index (χ1n) is 9.14. The Bertz CT molecular complexity index is 462. The van der Waals surface area contributed by atoms with Crippen molar-refractivity contribution >= 4 is 18.3 Å². The molecule has 1 amide bonds. The van der Waals surface area contributed by atoms with Gasteiger partial charge < -0.3 is 15.4 Å². The summed E-state index contributed by atoms with van der Waals surface area (Å²) in [6, 6.07) is 0. The van der Waals surface area contributed by atoms with E-state index in [1.165, 1.54) is 25.7 Å². The molecule has 4 rings (SSSR count). The smallest absolute Gasteiger partial charge is 0.243 e. The van der Waals surface area contributed by atoms with Crippen LogP contribution in [0.15, 0.2) is 0 Å². The molecule has 0 bridgehead atoms. The van der Waals surface area contributed by atoms with Crippen molar-refractivity contribution in [1.82, 2.24) is 4.90 Å². The van der Waals surface area contributed by atoms with Crippen molar-refractivity contribution < 1.29 is 9.53 Å². The molecular formula is C18H31ClN2O2. The zero-order valence-electron chi connectivity index (χ0n) is 14.4. The van der Waals surface area contributed by atoms with E-state index in [1.54, 1.807) is 0 Å². The first kappa shape index (κ1) is 17.5. The number of hydrogen-bond acceptors (Lipinski definition) is 3. The van der Waals surface area contributed by atoms with E-state index in [0.29, 0.717) is 0 Å². The van der Waals surface area contributed by atoms with E-state index >= 15 is 0 Å². The van der Waals surface area contributed by atoms with Crippen LogP contribution in [0.5, 0.6) is 0 Å². The second-order valence-corrected chi connectivity index (χ2v) is 8.73. The summed E-state index contributed by atoms with van der Waals surface area (Å²) in [7, 11) is 0. The first-order valence-corrected chi connectivity index (χ1v) is 9.14. The van der Waals surface area contributed by atoms with E-state index in [1.807, 2.05) is 0 Å². The van der Waals surface area contributed by atoms with Crippen molar-refractivity contribution in [3.63, 3.8) is 0 Å². The number of carbonyl (C=O) groups is 1. The van der Waals surface area contributed by atoms with Crippen LogP contribution in [0.1, 0.15) is 52.4 Å². The monoisotopic (exact) mass is 342 g/mol.